The third kappa shape index (κ3) is 4.92. The number of benzene rings is 1. The van der Waals surface area contributed by atoms with E-state index in [0.717, 1.165) is 39.8 Å². The molecule has 0 radical (unpaired) electrons. The number of fused-ring (bicyclic) bond motifs is 1. The van der Waals surface area contributed by atoms with Crippen molar-refractivity contribution in [3.8, 4) is 0 Å². The minimum absolute atomic E-state index is 0.124. The molecule has 0 unspecified atom stereocenters. The number of likely N-dealkylation sites (tertiary alicyclic amines) is 1. The maximum Gasteiger partial charge on any atom is 0.319 e. The highest BCUT2D eigenvalue weighted by Crippen LogP contribution is 2.29. The summed E-state index contributed by atoms with van der Waals surface area (Å²) in [6.07, 6.45) is 3.53. The van der Waals surface area contributed by atoms with Crippen LogP contribution in [0.3, 0.4) is 0 Å². The Morgan fingerprint density at radius 2 is 2.12 bits per heavy atom. The predicted molar refractivity (Wildman–Crippen MR) is 106 cm³/mol. The molecule has 0 aliphatic carbocycles. The maximum atomic E-state index is 12.1. The van der Waals surface area contributed by atoms with Gasteiger partial charge in [0.2, 0.25) is 0 Å². The quantitative estimate of drug-likeness (QED) is 0.837. The Kier molecular flexibility index (Phi) is 5.91. The second-order valence-electron chi connectivity index (χ2n) is 7.31. The van der Waals surface area contributed by atoms with Crippen molar-refractivity contribution in [1.29, 1.82) is 0 Å². The smallest absolute Gasteiger partial charge is 0.319 e. The van der Waals surface area contributed by atoms with Crippen LogP contribution >= 0.6 is 11.3 Å². The van der Waals surface area contributed by atoms with E-state index in [4.69, 9.17) is 0 Å². The van der Waals surface area contributed by atoms with Gasteiger partial charge in [0.15, 0.2) is 0 Å². The number of hydrogen-bond acceptors (Lipinski definition) is 4. The van der Waals surface area contributed by atoms with Crippen molar-refractivity contribution in [2.75, 3.05) is 32.0 Å². The molecule has 1 fully saturated rings. The highest BCUT2D eigenvalue weighted by molar-refractivity contribution is 7.18. The Balaban J connectivity index is 1.48. The van der Waals surface area contributed by atoms with E-state index < -0.39 is 0 Å². The molecule has 1 saturated heterocycles. The fourth-order valence-corrected chi connectivity index (χ4v) is 4.19. The van der Waals surface area contributed by atoms with Gasteiger partial charge >= 0.3 is 6.03 Å². The van der Waals surface area contributed by atoms with Crippen LogP contribution in [0.5, 0.6) is 0 Å². The fourth-order valence-electron chi connectivity index (χ4n) is 3.18. The van der Waals surface area contributed by atoms with E-state index in [1.165, 1.54) is 25.9 Å². The van der Waals surface area contributed by atoms with E-state index in [-0.39, 0.29) is 6.03 Å². The number of thiazole rings is 1. The van der Waals surface area contributed by atoms with Crippen molar-refractivity contribution < 1.29 is 4.79 Å². The molecule has 2 N–H and O–H groups in total. The van der Waals surface area contributed by atoms with Gasteiger partial charge in [-0.15, -0.1) is 11.3 Å². The van der Waals surface area contributed by atoms with Crippen LogP contribution in [0.4, 0.5) is 10.5 Å². The summed E-state index contributed by atoms with van der Waals surface area (Å²) in [6, 6.07) is 5.78. The zero-order chi connectivity index (χ0) is 17.8. The second kappa shape index (κ2) is 8.15. The highest BCUT2D eigenvalue weighted by atomic mass is 32.1. The number of urea groups is 1. The SMILES string of the molecule is CC(C)c1nc2ccc(NC(=O)NCCC3CCN(C)CC3)cc2s1. The highest BCUT2D eigenvalue weighted by Gasteiger charge is 2.16. The van der Waals surface area contributed by atoms with Crippen LogP contribution in [0.1, 0.15) is 44.0 Å². The summed E-state index contributed by atoms with van der Waals surface area (Å²) in [7, 11) is 2.17. The van der Waals surface area contributed by atoms with E-state index in [1.54, 1.807) is 11.3 Å². The Hall–Kier alpha value is -1.66. The molecule has 2 heterocycles. The molecule has 136 valence electrons. The van der Waals surface area contributed by atoms with Gasteiger partial charge in [0.1, 0.15) is 0 Å². The normalized spacial score (nSPS) is 16.5. The van der Waals surface area contributed by atoms with E-state index in [1.807, 2.05) is 18.2 Å². The van der Waals surface area contributed by atoms with Crippen molar-refractivity contribution in [3.63, 3.8) is 0 Å². The predicted octanol–water partition coefficient (Wildman–Crippen LogP) is 4.27. The van der Waals surface area contributed by atoms with Gasteiger partial charge in [0.25, 0.3) is 0 Å². The molecule has 1 aromatic carbocycles. The molecular formula is C19H28N4OS. The zero-order valence-corrected chi connectivity index (χ0v) is 16.2. The first kappa shape index (κ1) is 18.1. The number of rotatable bonds is 5. The number of carbonyl (C=O) groups is 1. The number of nitrogens with zero attached hydrogens (tertiary/aromatic N) is 2. The summed E-state index contributed by atoms with van der Waals surface area (Å²) in [5.41, 5.74) is 1.82. The zero-order valence-electron chi connectivity index (χ0n) is 15.3. The van der Waals surface area contributed by atoms with Crippen LogP contribution in [0, 0.1) is 5.92 Å². The van der Waals surface area contributed by atoms with E-state index in [9.17, 15) is 4.79 Å². The lowest BCUT2D eigenvalue weighted by Gasteiger charge is -2.28. The number of nitrogens with one attached hydrogen (secondary N) is 2. The van der Waals surface area contributed by atoms with Gasteiger partial charge in [-0.3, -0.25) is 0 Å². The van der Waals surface area contributed by atoms with Crippen LogP contribution < -0.4 is 10.6 Å². The van der Waals surface area contributed by atoms with E-state index >= 15 is 0 Å². The van der Waals surface area contributed by atoms with Gasteiger partial charge in [0, 0.05) is 18.2 Å². The number of piperidine rings is 1. The molecule has 3 rings (SSSR count). The van der Waals surface area contributed by atoms with Gasteiger partial charge < -0.3 is 15.5 Å². The Morgan fingerprint density at radius 3 is 2.84 bits per heavy atom. The van der Waals surface area contributed by atoms with Crippen LogP contribution in [-0.2, 0) is 0 Å². The molecule has 2 aromatic rings. The summed E-state index contributed by atoms with van der Waals surface area (Å²) < 4.78 is 1.12. The number of carbonyl (C=O) groups excluding carboxylic acids is 1. The molecule has 0 bridgehead atoms. The summed E-state index contributed by atoms with van der Waals surface area (Å²) in [4.78, 5) is 19.1. The lowest BCUT2D eigenvalue weighted by atomic mass is 9.94. The molecule has 0 atom stereocenters. The maximum absolute atomic E-state index is 12.1. The van der Waals surface area contributed by atoms with Gasteiger partial charge in [-0.25, -0.2) is 9.78 Å². The first-order chi connectivity index (χ1) is 12.0. The van der Waals surface area contributed by atoms with Gasteiger partial charge in [-0.1, -0.05) is 13.8 Å². The topological polar surface area (TPSA) is 57.3 Å². The van der Waals surface area contributed by atoms with Crippen molar-refractivity contribution in [2.24, 2.45) is 5.92 Å². The van der Waals surface area contributed by atoms with Crippen LogP contribution in [-0.4, -0.2) is 42.6 Å². The minimum atomic E-state index is -0.124. The Morgan fingerprint density at radius 1 is 1.36 bits per heavy atom. The summed E-state index contributed by atoms with van der Waals surface area (Å²) in [5, 5.41) is 7.06. The standard InChI is InChI=1S/C19H28N4OS/c1-13(2)18-22-16-5-4-15(12-17(16)25-18)21-19(24)20-9-6-14-7-10-23(3)11-8-14/h4-5,12-14H,6-11H2,1-3H3,(H2,20,21,24). The van der Waals surface area contributed by atoms with Crippen LogP contribution in [0.15, 0.2) is 18.2 Å². The largest absolute Gasteiger partial charge is 0.338 e. The first-order valence-electron chi connectivity index (χ1n) is 9.15. The molecule has 1 aromatic heterocycles. The Bertz CT molecular complexity index is 719. The Labute approximate surface area is 153 Å². The van der Waals surface area contributed by atoms with Gasteiger partial charge in [-0.2, -0.15) is 0 Å². The van der Waals surface area contributed by atoms with Crippen LogP contribution in [0.2, 0.25) is 0 Å². The summed E-state index contributed by atoms with van der Waals surface area (Å²) >= 11 is 1.70. The molecule has 1 aliphatic rings. The number of anilines is 1. The molecular weight excluding hydrogens is 332 g/mol. The van der Waals surface area contributed by atoms with Gasteiger partial charge in [0.05, 0.1) is 15.2 Å². The summed E-state index contributed by atoms with van der Waals surface area (Å²) in [6.45, 7) is 7.37. The number of hydrogen-bond donors (Lipinski definition) is 2. The van der Waals surface area contributed by atoms with Crippen LogP contribution in [0.25, 0.3) is 10.2 Å². The molecule has 0 saturated carbocycles. The van der Waals surface area contributed by atoms with Crippen molar-refractivity contribution in [3.05, 3.63) is 23.2 Å². The lowest BCUT2D eigenvalue weighted by molar-refractivity contribution is 0.211. The average Bonchev–Trinajstić information content (AvgIpc) is 3.00. The third-order valence-corrected chi connectivity index (χ3v) is 6.15. The molecule has 2 amide bonds. The van der Waals surface area contributed by atoms with E-state index in [0.29, 0.717) is 5.92 Å². The molecule has 1 aliphatic heterocycles. The van der Waals surface area contributed by atoms with Crippen molar-refractivity contribution >= 4 is 33.3 Å². The second-order valence-corrected chi connectivity index (χ2v) is 8.37. The molecule has 6 heteroatoms. The number of amides is 2. The molecule has 0 spiro atoms. The monoisotopic (exact) mass is 360 g/mol. The number of aromatic nitrogens is 1. The molecule has 5 nitrogen and oxygen atoms in total. The first-order valence-corrected chi connectivity index (χ1v) is 9.97. The molecule has 25 heavy (non-hydrogen) atoms. The van der Waals surface area contributed by atoms with Crippen molar-refractivity contribution in [1.82, 2.24) is 15.2 Å². The van der Waals surface area contributed by atoms with Gasteiger partial charge in [-0.05, 0) is 63.5 Å². The average molecular weight is 361 g/mol. The summed E-state index contributed by atoms with van der Waals surface area (Å²) in [5.74, 6) is 1.16. The minimum Gasteiger partial charge on any atom is -0.338 e. The fraction of sp³-hybridized carbons (Fsp3) is 0.579. The van der Waals surface area contributed by atoms with E-state index in [2.05, 4.69) is 41.4 Å². The van der Waals surface area contributed by atoms with Crippen molar-refractivity contribution in [2.45, 2.75) is 39.0 Å². The lowest BCUT2D eigenvalue weighted by Crippen LogP contribution is -2.34. The third-order valence-electron chi connectivity index (χ3n) is 4.83.